The molecule has 0 saturated heterocycles. The summed E-state index contributed by atoms with van der Waals surface area (Å²) in [5, 5.41) is 15.0. The Morgan fingerprint density at radius 1 is 1.37 bits per heavy atom. The molecule has 2 rings (SSSR count). The van der Waals surface area contributed by atoms with Gasteiger partial charge in [-0.25, -0.2) is 14.8 Å². The molecule has 2 aromatic rings. The topological polar surface area (TPSA) is 88.0 Å². The molecule has 19 heavy (non-hydrogen) atoms. The number of thiazole rings is 1. The lowest BCUT2D eigenvalue weighted by Crippen LogP contribution is -2.07. The monoisotopic (exact) mass is 298 g/mol. The second-order valence-corrected chi connectivity index (χ2v) is 6.00. The van der Waals surface area contributed by atoms with Crippen LogP contribution in [-0.4, -0.2) is 25.4 Å². The first-order valence-electron chi connectivity index (χ1n) is 5.76. The van der Waals surface area contributed by atoms with Gasteiger partial charge in [0.1, 0.15) is 10.8 Å². The van der Waals surface area contributed by atoms with Gasteiger partial charge in [-0.2, -0.15) is 4.37 Å². The van der Waals surface area contributed by atoms with Crippen molar-refractivity contribution in [3.8, 4) is 0 Å². The summed E-state index contributed by atoms with van der Waals surface area (Å²) in [5.41, 5.74) is 0.0776. The Kier molecular flexibility index (Phi) is 4.11. The molecule has 0 aliphatic carbocycles. The van der Waals surface area contributed by atoms with Crippen molar-refractivity contribution in [2.75, 3.05) is 5.32 Å². The summed E-state index contributed by atoms with van der Waals surface area (Å²) < 4.78 is 4.25. The third kappa shape index (κ3) is 3.27. The lowest BCUT2D eigenvalue weighted by atomic mass is 10.2. The number of carboxylic acids is 1. The lowest BCUT2D eigenvalue weighted by molar-refractivity contribution is 0.0691. The number of hydrogen-bond donors (Lipinski definition) is 2. The molecule has 0 aromatic carbocycles. The van der Waals surface area contributed by atoms with E-state index in [4.69, 9.17) is 5.11 Å². The zero-order chi connectivity index (χ0) is 14.0. The van der Waals surface area contributed by atoms with E-state index >= 15 is 0 Å². The van der Waals surface area contributed by atoms with E-state index in [0.717, 1.165) is 16.0 Å². The number of anilines is 1. The maximum Gasteiger partial charge on any atom is 0.355 e. The molecule has 0 amide bonds. The predicted octanol–water partition coefficient (Wildman–Crippen LogP) is 2.99. The van der Waals surface area contributed by atoms with Crippen LogP contribution in [0.15, 0.2) is 5.38 Å². The summed E-state index contributed by atoms with van der Waals surface area (Å²) in [6, 6.07) is -0.0916. The van der Waals surface area contributed by atoms with Crippen LogP contribution in [0.1, 0.15) is 54.1 Å². The highest BCUT2D eigenvalue weighted by Gasteiger charge is 2.16. The number of hydrogen-bond acceptors (Lipinski definition) is 7. The second-order valence-electron chi connectivity index (χ2n) is 4.35. The second kappa shape index (κ2) is 5.62. The summed E-state index contributed by atoms with van der Waals surface area (Å²) >= 11 is 2.62. The van der Waals surface area contributed by atoms with Crippen molar-refractivity contribution in [2.45, 2.75) is 32.7 Å². The largest absolute Gasteiger partial charge is 0.476 e. The molecule has 8 heteroatoms. The number of nitrogens with one attached hydrogen (secondary N) is 1. The fourth-order valence-corrected chi connectivity index (χ4v) is 2.96. The summed E-state index contributed by atoms with van der Waals surface area (Å²) in [7, 11) is 0. The van der Waals surface area contributed by atoms with Gasteiger partial charge < -0.3 is 10.4 Å². The van der Waals surface area contributed by atoms with Gasteiger partial charge in [0.05, 0.1) is 6.04 Å². The van der Waals surface area contributed by atoms with E-state index in [0.29, 0.717) is 5.92 Å². The summed E-state index contributed by atoms with van der Waals surface area (Å²) in [6.07, 6.45) is 0. The highest BCUT2D eigenvalue weighted by molar-refractivity contribution is 7.10. The van der Waals surface area contributed by atoms with Crippen molar-refractivity contribution in [3.63, 3.8) is 0 Å². The molecule has 1 unspecified atom stereocenters. The fourth-order valence-electron chi connectivity index (χ4n) is 1.36. The third-order valence-corrected chi connectivity index (χ3v) is 4.10. The molecule has 0 radical (unpaired) electrons. The van der Waals surface area contributed by atoms with Crippen molar-refractivity contribution in [2.24, 2.45) is 0 Å². The Labute approximate surface area is 118 Å². The maximum atomic E-state index is 10.8. The van der Waals surface area contributed by atoms with Crippen LogP contribution in [0, 0.1) is 0 Å². The predicted molar refractivity (Wildman–Crippen MR) is 75.1 cm³/mol. The normalized spacial score (nSPS) is 12.6. The average Bonchev–Trinajstić information content (AvgIpc) is 2.96. The highest BCUT2D eigenvalue weighted by Crippen LogP contribution is 2.24. The zero-order valence-electron chi connectivity index (χ0n) is 10.7. The molecule has 2 aromatic heterocycles. The molecule has 0 bridgehead atoms. The standard InChI is InChI=1S/C11H14N4O2S2/c1-5(2)8-14-11(19-15-8)12-6(3)9-13-7(4-18-9)10(16)17/h4-6H,1-3H3,(H,16,17)(H,12,14,15). The lowest BCUT2D eigenvalue weighted by Gasteiger charge is -2.08. The van der Waals surface area contributed by atoms with Crippen LogP contribution < -0.4 is 5.32 Å². The molecule has 1 atom stereocenters. The Morgan fingerprint density at radius 3 is 2.63 bits per heavy atom. The molecular formula is C11H14N4O2S2. The number of carboxylic acid groups (broad SMARTS) is 1. The van der Waals surface area contributed by atoms with Gasteiger partial charge >= 0.3 is 5.97 Å². The van der Waals surface area contributed by atoms with Crippen LogP contribution in [0.5, 0.6) is 0 Å². The Morgan fingerprint density at radius 2 is 2.11 bits per heavy atom. The Balaban J connectivity index is 2.06. The number of rotatable bonds is 5. The van der Waals surface area contributed by atoms with Crippen molar-refractivity contribution in [1.82, 2.24) is 14.3 Å². The zero-order valence-corrected chi connectivity index (χ0v) is 12.4. The van der Waals surface area contributed by atoms with Crippen LogP contribution in [0.25, 0.3) is 0 Å². The van der Waals surface area contributed by atoms with Gasteiger partial charge in [-0.15, -0.1) is 11.3 Å². The summed E-state index contributed by atoms with van der Waals surface area (Å²) in [6.45, 7) is 5.99. The van der Waals surface area contributed by atoms with E-state index in [1.54, 1.807) is 0 Å². The molecule has 2 heterocycles. The van der Waals surface area contributed by atoms with Crippen molar-refractivity contribution >= 4 is 34.0 Å². The molecule has 102 valence electrons. The van der Waals surface area contributed by atoms with E-state index < -0.39 is 5.97 Å². The van der Waals surface area contributed by atoms with Gasteiger partial charge in [0, 0.05) is 22.8 Å². The van der Waals surface area contributed by atoms with E-state index in [1.807, 2.05) is 20.8 Å². The van der Waals surface area contributed by atoms with Gasteiger partial charge in [-0.1, -0.05) is 13.8 Å². The SMILES string of the molecule is CC(C)c1nsc(NC(C)c2nc(C(=O)O)cs2)n1. The van der Waals surface area contributed by atoms with Crippen LogP contribution in [0.3, 0.4) is 0 Å². The van der Waals surface area contributed by atoms with Crippen molar-refractivity contribution in [1.29, 1.82) is 0 Å². The minimum atomic E-state index is -1.01. The molecule has 6 nitrogen and oxygen atoms in total. The molecule has 0 aliphatic heterocycles. The molecule has 2 N–H and O–H groups in total. The first-order chi connectivity index (χ1) is 8.97. The van der Waals surface area contributed by atoms with Gasteiger partial charge in [0.25, 0.3) is 0 Å². The van der Waals surface area contributed by atoms with Gasteiger partial charge in [0.2, 0.25) is 5.13 Å². The molecular weight excluding hydrogens is 284 g/mol. The van der Waals surface area contributed by atoms with E-state index in [2.05, 4.69) is 19.7 Å². The first-order valence-corrected chi connectivity index (χ1v) is 7.41. The van der Waals surface area contributed by atoms with Gasteiger partial charge in [0.15, 0.2) is 5.69 Å². The number of carbonyl (C=O) groups is 1. The quantitative estimate of drug-likeness (QED) is 0.882. The van der Waals surface area contributed by atoms with Crippen LogP contribution in [0.2, 0.25) is 0 Å². The highest BCUT2D eigenvalue weighted by atomic mass is 32.1. The number of aromatic carboxylic acids is 1. The number of aromatic nitrogens is 3. The van der Waals surface area contributed by atoms with E-state index in [-0.39, 0.29) is 11.7 Å². The molecule has 0 saturated carbocycles. The van der Waals surface area contributed by atoms with E-state index in [1.165, 1.54) is 28.2 Å². The van der Waals surface area contributed by atoms with Gasteiger partial charge in [-0.3, -0.25) is 0 Å². The summed E-state index contributed by atoms with van der Waals surface area (Å²) in [4.78, 5) is 19.2. The minimum absolute atomic E-state index is 0.0776. The van der Waals surface area contributed by atoms with E-state index in [9.17, 15) is 4.79 Å². The fraction of sp³-hybridized carbons (Fsp3) is 0.455. The average molecular weight is 298 g/mol. The van der Waals surface area contributed by atoms with Crippen molar-refractivity contribution in [3.05, 3.63) is 21.9 Å². The Bertz CT molecular complexity index is 579. The smallest absolute Gasteiger partial charge is 0.355 e. The van der Waals surface area contributed by atoms with Crippen molar-refractivity contribution < 1.29 is 9.90 Å². The van der Waals surface area contributed by atoms with Crippen LogP contribution in [0.4, 0.5) is 5.13 Å². The number of nitrogens with zero attached hydrogens (tertiary/aromatic N) is 3. The molecule has 0 fully saturated rings. The van der Waals surface area contributed by atoms with Crippen LogP contribution in [-0.2, 0) is 0 Å². The minimum Gasteiger partial charge on any atom is -0.476 e. The first kappa shape index (κ1) is 13.9. The Hall–Kier alpha value is -1.54. The third-order valence-electron chi connectivity index (χ3n) is 2.41. The van der Waals surface area contributed by atoms with Gasteiger partial charge in [-0.05, 0) is 6.92 Å². The maximum absolute atomic E-state index is 10.8. The van der Waals surface area contributed by atoms with Crippen LogP contribution >= 0.6 is 22.9 Å². The molecule has 0 aliphatic rings. The summed E-state index contributed by atoms with van der Waals surface area (Å²) in [5.74, 6) is 0.0957. The molecule has 0 spiro atoms.